The second-order valence-corrected chi connectivity index (χ2v) is 9.04. The zero-order chi connectivity index (χ0) is 25.6. The van der Waals surface area contributed by atoms with E-state index in [1.165, 1.54) is 28.0 Å². The van der Waals surface area contributed by atoms with Gasteiger partial charge in [0.25, 0.3) is 11.5 Å². The molecule has 0 bridgehead atoms. The van der Waals surface area contributed by atoms with Gasteiger partial charge in [-0.25, -0.2) is 4.98 Å². The fourth-order valence-corrected chi connectivity index (χ4v) is 4.93. The predicted molar refractivity (Wildman–Crippen MR) is 134 cm³/mol. The number of aromatic nitrogens is 2. The molecule has 3 aromatic heterocycles. The summed E-state index contributed by atoms with van der Waals surface area (Å²) >= 11 is 1.33. The monoisotopic (exact) mass is 508 g/mol. The lowest BCUT2D eigenvalue weighted by Gasteiger charge is -2.16. The van der Waals surface area contributed by atoms with E-state index in [0.29, 0.717) is 44.4 Å². The maximum Gasteiger partial charge on any atom is 0.416 e. The molecule has 0 unspecified atom stereocenters. The van der Waals surface area contributed by atoms with Crippen molar-refractivity contribution in [2.45, 2.75) is 19.1 Å². The predicted octanol–water partition coefficient (Wildman–Crippen LogP) is 5.69. The third-order valence-electron chi connectivity index (χ3n) is 5.92. The fraction of sp³-hybridized carbons (Fsp3) is 0.115. The Bertz CT molecular complexity index is 1670. The average Bonchev–Trinajstić information content (AvgIpc) is 3.34. The van der Waals surface area contributed by atoms with Crippen LogP contribution in [0.4, 0.5) is 19.0 Å². The second-order valence-electron chi connectivity index (χ2n) is 8.30. The van der Waals surface area contributed by atoms with Crippen LogP contribution in [0.2, 0.25) is 0 Å². The van der Waals surface area contributed by atoms with Gasteiger partial charge >= 0.3 is 6.18 Å². The summed E-state index contributed by atoms with van der Waals surface area (Å²) in [4.78, 5) is 30.6. The lowest BCUT2D eigenvalue weighted by atomic mass is 10.0. The summed E-state index contributed by atoms with van der Waals surface area (Å²) in [5.74, 6) is 0.00433. The number of nitrogens with zero attached hydrogens (tertiary/aromatic N) is 2. The number of nitrogens with one attached hydrogen (secondary N) is 1. The molecule has 0 aliphatic carbocycles. The van der Waals surface area contributed by atoms with Crippen LogP contribution in [0.5, 0.6) is 0 Å². The number of fused-ring (bicyclic) bond motifs is 3. The number of nitrogen functional groups attached to an aromatic ring is 1. The first-order valence-electron chi connectivity index (χ1n) is 10.9. The molecule has 0 fully saturated rings. The van der Waals surface area contributed by atoms with E-state index in [9.17, 15) is 22.8 Å². The van der Waals surface area contributed by atoms with Crippen molar-refractivity contribution in [1.82, 2.24) is 14.9 Å². The Balaban J connectivity index is 1.59. The van der Waals surface area contributed by atoms with Gasteiger partial charge in [-0.2, -0.15) is 24.5 Å². The number of pyridine rings is 2. The molecule has 10 heteroatoms. The molecule has 6 nitrogen and oxygen atoms in total. The standard InChI is InChI=1S/C26H19F3N4O2S/c1-14(21-3-2-4-23(30)32-21)31-24(34)15-5-10-22-18(11-15)19-12-36-13-20(19)25(35)33(22)17-8-6-16(7-9-17)26(27,28)29/h2-14H,1H3,(H2,30,32)(H,31,34)/t14-/m1/s1. The number of rotatable bonds is 4. The Morgan fingerprint density at radius 1 is 1.03 bits per heavy atom. The molecule has 36 heavy (non-hydrogen) atoms. The molecule has 1 amide bonds. The number of hydrogen-bond donors (Lipinski definition) is 2. The van der Waals surface area contributed by atoms with Gasteiger partial charge in [-0.05, 0) is 66.9 Å². The molecule has 0 saturated heterocycles. The molecule has 0 radical (unpaired) electrons. The highest BCUT2D eigenvalue weighted by Gasteiger charge is 2.30. The van der Waals surface area contributed by atoms with Crippen molar-refractivity contribution in [2.24, 2.45) is 0 Å². The van der Waals surface area contributed by atoms with Crippen molar-refractivity contribution in [3.63, 3.8) is 0 Å². The lowest BCUT2D eigenvalue weighted by molar-refractivity contribution is -0.137. The molecule has 5 rings (SSSR count). The SMILES string of the molecule is C[C@@H](NC(=O)c1ccc2c(c1)c1cscc1c(=O)n2-c1ccc(C(F)(F)F)cc1)c1cccc(N)n1. The normalized spacial score (nSPS) is 12.7. The molecular weight excluding hydrogens is 489 g/mol. The molecule has 0 aliphatic rings. The van der Waals surface area contributed by atoms with Crippen LogP contribution in [0.25, 0.3) is 27.4 Å². The molecule has 1 atom stereocenters. The number of amides is 1. The van der Waals surface area contributed by atoms with Crippen LogP contribution in [0.1, 0.15) is 34.6 Å². The lowest BCUT2D eigenvalue weighted by Crippen LogP contribution is -2.27. The molecule has 3 N–H and O–H groups in total. The number of nitrogens with two attached hydrogens (primary N) is 1. The van der Waals surface area contributed by atoms with Gasteiger partial charge in [-0.15, -0.1) is 0 Å². The number of alkyl halides is 3. The van der Waals surface area contributed by atoms with Crippen molar-refractivity contribution >= 4 is 44.7 Å². The minimum atomic E-state index is -4.48. The van der Waals surface area contributed by atoms with Crippen molar-refractivity contribution in [3.8, 4) is 5.69 Å². The van der Waals surface area contributed by atoms with E-state index in [1.54, 1.807) is 48.7 Å². The Hall–Kier alpha value is -4.18. The highest BCUT2D eigenvalue weighted by Crippen LogP contribution is 2.32. The molecular formula is C26H19F3N4O2S. The van der Waals surface area contributed by atoms with Crippen molar-refractivity contribution < 1.29 is 18.0 Å². The maximum atomic E-state index is 13.3. The zero-order valence-electron chi connectivity index (χ0n) is 18.8. The number of halogens is 3. The average molecular weight is 509 g/mol. The zero-order valence-corrected chi connectivity index (χ0v) is 19.7. The smallest absolute Gasteiger partial charge is 0.384 e. The number of thiophene rings is 1. The fourth-order valence-electron chi connectivity index (χ4n) is 4.11. The summed E-state index contributed by atoms with van der Waals surface area (Å²) in [5, 5.41) is 8.12. The van der Waals surface area contributed by atoms with Crippen molar-refractivity contribution in [2.75, 3.05) is 5.73 Å². The Labute approximate surface area is 206 Å². The highest BCUT2D eigenvalue weighted by atomic mass is 32.1. The Morgan fingerprint density at radius 3 is 2.44 bits per heavy atom. The van der Waals surface area contributed by atoms with Crippen LogP contribution < -0.4 is 16.6 Å². The van der Waals surface area contributed by atoms with Crippen LogP contribution in [-0.2, 0) is 6.18 Å². The van der Waals surface area contributed by atoms with Gasteiger partial charge in [0.05, 0.1) is 28.2 Å². The number of hydrogen-bond acceptors (Lipinski definition) is 5. The quantitative estimate of drug-likeness (QED) is 0.326. The van der Waals surface area contributed by atoms with E-state index < -0.39 is 17.8 Å². The summed E-state index contributed by atoms with van der Waals surface area (Å²) in [6, 6.07) is 14.1. The summed E-state index contributed by atoms with van der Waals surface area (Å²) in [6.45, 7) is 1.79. The third kappa shape index (κ3) is 4.20. The Kier molecular flexibility index (Phi) is 5.76. The number of benzene rings is 2. The number of anilines is 1. The van der Waals surface area contributed by atoms with E-state index in [1.807, 2.05) is 5.38 Å². The van der Waals surface area contributed by atoms with Crippen molar-refractivity contribution in [3.05, 3.63) is 98.6 Å². The van der Waals surface area contributed by atoms with Gasteiger partial charge in [0.2, 0.25) is 0 Å². The number of carbonyl (C=O) groups excluding carboxylic acids is 1. The third-order valence-corrected chi connectivity index (χ3v) is 6.67. The van der Waals surface area contributed by atoms with Gasteiger partial charge in [0, 0.05) is 27.4 Å². The topological polar surface area (TPSA) is 90.0 Å². The van der Waals surface area contributed by atoms with E-state index >= 15 is 0 Å². The van der Waals surface area contributed by atoms with E-state index in [2.05, 4.69) is 10.3 Å². The molecule has 0 aliphatic heterocycles. The summed E-state index contributed by atoms with van der Waals surface area (Å²) in [6.07, 6.45) is -4.48. The molecule has 0 saturated carbocycles. The molecule has 182 valence electrons. The van der Waals surface area contributed by atoms with E-state index in [-0.39, 0.29) is 11.5 Å². The summed E-state index contributed by atoms with van der Waals surface area (Å²) in [7, 11) is 0. The van der Waals surface area contributed by atoms with Crippen LogP contribution in [0, 0.1) is 0 Å². The summed E-state index contributed by atoms with van der Waals surface area (Å²) < 4.78 is 40.5. The minimum absolute atomic E-state index is 0.296. The molecule has 5 aromatic rings. The van der Waals surface area contributed by atoms with E-state index in [0.717, 1.165) is 12.1 Å². The molecule has 3 heterocycles. The highest BCUT2D eigenvalue weighted by molar-refractivity contribution is 7.09. The number of carbonyl (C=O) groups is 1. The molecule has 2 aromatic carbocycles. The van der Waals surface area contributed by atoms with Crippen LogP contribution in [0.3, 0.4) is 0 Å². The second kappa shape index (κ2) is 8.80. The largest absolute Gasteiger partial charge is 0.416 e. The van der Waals surface area contributed by atoms with Crippen molar-refractivity contribution in [1.29, 1.82) is 0 Å². The van der Waals surface area contributed by atoms with Gasteiger partial charge in [0.15, 0.2) is 0 Å². The van der Waals surface area contributed by atoms with Crippen LogP contribution >= 0.6 is 11.3 Å². The van der Waals surface area contributed by atoms with E-state index in [4.69, 9.17) is 5.73 Å². The van der Waals surface area contributed by atoms with Crippen LogP contribution in [-0.4, -0.2) is 15.5 Å². The first-order valence-corrected chi connectivity index (χ1v) is 11.8. The van der Waals surface area contributed by atoms with Gasteiger partial charge in [0.1, 0.15) is 5.82 Å². The molecule has 0 spiro atoms. The Morgan fingerprint density at radius 2 is 1.75 bits per heavy atom. The minimum Gasteiger partial charge on any atom is -0.384 e. The first-order chi connectivity index (χ1) is 17.1. The van der Waals surface area contributed by atoms with Gasteiger partial charge < -0.3 is 11.1 Å². The van der Waals surface area contributed by atoms with Gasteiger partial charge in [-0.3, -0.25) is 14.2 Å². The summed E-state index contributed by atoms with van der Waals surface area (Å²) in [5.41, 5.74) is 6.34. The van der Waals surface area contributed by atoms with Gasteiger partial charge in [-0.1, -0.05) is 6.07 Å². The first kappa shape index (κ1) is 23.6. The maximum absolute atomic E-state index is 13.3. The van der Waals surface area contributed by atoms with Crippen LogP contribution in [0.15, 0.2) is 76.2 Å².